The third-order valence-corrected chi connectivity index (χ3v) is 5.07. The lowest BCUT2D eigenvalue weighted by molar-refractivity contribution is 0.385. The molecule has 0 aromatic heterocycles. The van der Waals surface area contributed by atoms with Crippen molar-refractivity contribution < 1.29 is 8.42 Å². The Morgan fingerprint density at radius 3 is 2.63 bits per heavy atom. The van der Waals surface area contributed by atoms with Gasteiger partial charge in [0.2, 0.25) is 10.0 Å². The van der Waals surface area contributed by atoms with Crippen LogP contribution in [0.25, 0.3) is 0 Å². The molecule has 5 heteroatoms. The van der Waals surface area contributed by atoms with Gasteiger partial charge in [0.1, 0.15) is 0 Å². The zero-order valence-corrected chi connectivity index (χ0v) is 12.0. The number of rotatable bonds is 5. The van der Waals surface area contributed by atoms with Crippen molar-refractivity contribution in [2.75, 3.05) is 10.5 Å². The molecule has 0 bridgehead atoms. The van der Waals surface area contributed by atoms with Gasteiger partial charge in [0, 0.05) is 12.2 Å². The van der Waals surface area contributed by atoms with Gasteiger partial charge in [-0.3, -0.25) is 4.72 Å². The number of anilines is 1. The van der Waals surface area contributed by atoms with Gasteiger partial charge in [-0.05, 0) is 36.5 Å². The molecule has 19 heavy (non-hydrogen) atoms. The quantitative estimate of drug-likeness (QED) is 0.871. The van der Waals surface area contributed by atoms with E-state index in [1.54, 1.807) is 12.1 Å². The zero-order chi connectivity index (χ0) is 13.7. The number of sulfonamides is 1. The average molecular weight is 282 g/mol. The van der Waals surface area contributed by atoms with Crippen LogP contribution >= 0.6 is 0 Å². The van der Waals surface area contributed by atoms with Crippen LogP contribution < -0.4 is 10.5 Å². The van der Waals surface area contributed by atoms with Crippen molar-refractivity contribution in [2.24, 2.45) is 11.7 Å². The van der Waals surface area contributed by atoms with E-state index in [4.69, 9.17) is 5.73 Å². The maximum Gasteiger partial charge on any atom is 0.232 e. The Bertz CT molecular complexity index is 508. The molecule has 1 fully saturated rings. The second-order valence-corrected chi connectivity index (χ2v) is 7.06. The molecule has 1 aliphatic rings. The van der Waals surface area contributed by atoms with Crippen LogP contribution in [0.3, 0.4) is 0 Å². The van der Waals surface area contributed by atoms with Crippen LogP contribution in [0.15, 0.2) is 24.3 Å². The van der Waals surface area contributed by atoms with Crippen LogP contribution in [-0.4, -0.2) is 14.2 Å². The molecule has 1 saturated carbocycles. The summed E-state index contributed by atoms with van der Waals surface area (Å²) in [6, 6.07) is 7.26. The monoisotopic (exact) mass is 282 g/mol. The molecule has 0 atom stereocenters. The maximum absolute atomic E-state index is 12.1. The van der Waals surface area contributed by atoms with Gasteiger partial charge in [0.05, 0.1) is 5.75 Å². The molecule has 0 saturated heterocycles. The molecule has 0 unspecified atom stereocenters. The standard InChI is InChI=1S/C14H22N2O2S/c15-10-13-7-4-8-14(9-13)16-19(17,18)11-12-5-2-1-3-6-12/h4,7-9,12,16H,1-3,5-6,10-11,15H2. The third-order valence-electron chi connectivity index (χ3n) is 3.62. The minimum absolute atomic E-state index is 0.236. The van der Waals surface area contributed by atoms with Crippen LogP contribution in [0.1, 0.15) is 37.7 Å². The lowest BCUT2D eigenvalue weighted by Crippen LogP contribution is -2.24. The molecule has 1 aromatic carbocycles. The summed E-state index contributed by atoms with van der Waals surface area (Å²) in [5, 5.41) is 0. The van der Waals surface area contributed by atoms with Crippen molar-refractivity contribution >= 4 is 15.7 Å². The van der Waals surface area contributed by atoms with Gasteiger partial charge in [-0.25, -0.2) is 8.42 Å². The Morgan fingerprint density at radius 1 is 1.21 bits per heavy atom. The fourth-order valence-electron chi connectivity index (χ4n) is 2.65. The number of nitrogens with two attached hydrogens (primary N) is 1. The van der Waals surface area contributed by atoms with Crippen LogP contribution in [0.5, 0.6) is 0 Å². The van der Waals surface area contributed by atoms with E-state index in [1.807, 2.05) is 12.1 Å². The second kappa shape index (κ2) is 6.39. The SMILES string of the molecule is NCc1cccc(NS(=O)(=O)CC2CCCCC2)c1. The van der Waals surface area contributed by atoms with E-state index in [1.165, 1.54) is 6.42 Å². The molecule has 0 heterocycles. The van der Waals surface area contributed by atoms with E-state index in [9.17, 15) is 8.42 Å². The van der Waals surface area contributed by atoms with E-state index in [0.717, 1.165) is 31.2 Å². The fourth-order valence-corrected chi connectivity index (χ4v) is 4.17. The van der Waals surface area contributed by atoms with Gasteiger partial charge in [-0.1, -0.05) is 31.4 Å². The predicted octanol–water partition coefficient (Wildman–Crippen LogP) is 2.47. The highest BCUT2D eigenvalue weighted by Crippen LogP contribution is 2.25. The van der Waals surface area contributed by atoms with Crippen LogP contribution in [0.2, 0.25) is 0 Å². The minimum Gasteiger partial charge on any atom is -0.326 e. The first-order chi connectivity index (χ1) is 9.09. The smallest absolute Gasteiger partial charge is 0.232 e. The van der Waals surface area contributed by atoms with Crippen LogP contribution in [0.4, 0.5) is 5.69 Å². The molecule has 0 radical (unpaired) electrons. The summed E-state index contributed by atoms with van der Waals surface area (Å²) >= 11 is 0. The van der Waals surface area contributed by atoms with E-state index in [2.05, 4.69) is 4.72 Å². The minimum atomic E-state index is -3.25. The average Bonchev–Trinajstić information content (AvgIpc) is 2.39. The summed E-state index contributed by atoms with van der Waals surface area (Å²) in [4.78, 5) is 0. The van der Waals surface area contributed by atoms with Crippen molar-refractivity contribution in [3.63, 3.8) is 0 Å². The molecule has 106 valence electrons. The lowest BCUT2D eigenvalue weighted by atomic mass is 9.91. The number of hydrogen-bond acceptors (Lipinski definition) is 3. The highest BCUT2D eigenvalue weighted by atomic mass is 32.2. The van der Waals surface area contributed by atoms with Crippen molar-refractivity contribution in [1.82, 2.24) is 0 Å². The lowest BCUT2D eigenvalue weighted by Gasteiger charge is -2.21. The first kappa shape index (κ1) is 14.3. The molecule has 3 N–H and O–H groups in total. The van der Waals surface area contributed by atoms with Gasteiger partial charge in [-0.15, -0.1) is 0 Å². The Balaban J connectivity index is 1.99. The van der Waals surface area contributed by atoms with E-state index in [-0.39, 0.29) is 5.75 Å². The Hall–Kier alpha value is -1.07. The predicted molar refractivity (Wildman–Crippen MR) is 78.3 cm³/mol. The van der Waals surface area contributed by atoms with E-state index >= 15 is 0 Å². The summed E-state index contributed by atoms with van der Waals surface area (Å²) < 4.78 is 26.9. The number of nitrogens with one attached hydrogen (secondary N) is 1. The van der Waals surface area contributed by atoms with Gasteiger partial charge < -0.3 is 5.73 Å². The van der Waals surface area contributed by atoms with Crippen molar-refractivity contribution in [1.29, 1.82) is 0 Å². The largest absolute Gasteiger partial charge is 0.326 e. The molecular formula is C14H22N2O2S. The van der Waals surface area contributed by atoms with Crippen LogP contribution in [-0.2, 0) is 16.6 Å². The van der Waals surface area contributed by atoms with Gasteiger partial charge >= 0.3 is 0 Å². The Morgan fingerprint density at radius 2 is 1.95 bits per heavy atom. The normalized spacial score (nSPS) is 17.3. The summed E-state index contributed by atoms with van der Waals surface area (Å²) in [6.45, 7) is 0.415. The molecule has 0 aliphatic heterocycles. The zero-order valence-electron chi connectivity index (χ0n) is 11.1. The van der Waals surface area contributed by atoms with Crippen molar-refractivity contribution in [2.45, 2.75) is 38.6 Å². The van der Waals surface area contributed by atoms with E-state index < -0.39 is 10.0 Å². The second-order valence-electron chi connectivity index (χ2n) is 5.29. The number of hydrogen-bond donors (Lipinski definition) is 2. The van der Waals surface area contributed by atoms with Gasteiger partial charge in [0.25, 0.3) is 0 Å². The van der Waals surface area contributed by atoms with E-state index in [0.29, 0.717) is 18.2 Å². The van der Waals surface area contributed by atoms with Gasteiger partial charge in [0.15, 0.2) is 0 Å². The van der Waals surface area contributed by atoms with Crippen molar-refractivity contribution in [3.05, 3.63) is 29.8 Å². The molecule has 0 spiro atoms. The molecule has 0 amide bonds. The molecule has 2 rings (SSSR count). The van der Waals surface area contributed by atoms with Gasteiger partial charge in [-0.2, -0.15) is 0 Å². The first-order valence-corrected chi connectivity index (χ1v) is 8.54. The third kappa shape index (κ3) is 4.51. The van der Waals surface area contributed by atoms with Crippen LogP contribution in [0, 0.1) is 5.92 Å². The summed E-state index contributed by atoms with van der Waals surface area (Å²) in [6.07, 6.45) is 5.61. The Labute approximate surface area is 115 Å². The summed E-state index contributed by atoms with van der Waals surface area (Å²) in [5.74, 6) is 0.545. The fraction of sp³-hybridized carbons (Fsp3) is 0.571. The summed E-state index contributed by atoms with van der Waals surface area (Å²) in [7, 11) is -3.25. The van der Waals surface area contributed by atoms with Crippen molar-refractivity contribution in [3.8, 4) is 0 Å². The molecule has 1 aromatic rings. The molecule has 1 aliphatic carbocycles. The first-order valence-electron chi connectivity index (χ1n) is 6.88. The topological polar surface area (TPSA) is 72.2 Å². The molecular weight excluding hydrogens is 260 g/mol. The molecule has 4 nitrogen and oxygen atoms in total. The number of benzene rings is 1. The highest BCUT2D eigenvalue weighted by Gasteiger charge is 2.21. The summed E-state index contributed by atoms with van der Waals surface area (Å²) in [5.41, 5.74) is 7.09. The highest BCUT2D eigenvalue weighted by molar-refractivity contribution is 7.92. The maximum atomic E-state index is 12.1. The Kier molecular flexibility index (Phi) is 4.82.